The van der Waals surface area contributed by atoms with Crippen LogP contribution in [0.5, 0.6) is 0 Å². The fourth-order valence-corrected chi connectivity index (χ4v) is 3.79. The van der Waals surface area contributed by atoms with Gasteiger partial charge in [-0.2, -0.15) is 15.0 Å². The molecular formula is C23H26Cl2N6. The molecule has 162 valence electrons. The van der Waals surface area contributed by atoms with Gasteiger partial charge >= 0.3 is 0 Å². The van der Waals surface area contributed by atoms with Gasteiger partial charge in [0.25, 0.3) is 0 Å². The van der Waals surface area contributed by atoms with Crippen LogP contribution in [0.1, 0.15) is 30.9 Å². The maximum Gasteiger partial charge on any atom is 0.233 e. The van der Waals surface area contributed by atoms with E-state index in [1.165, 1.54) is 0 Å². The molecule has 0 amide bonds. The van der Waals surface area contributed by atoms with Crippen LogP contribution < -0.4 is 15.5 Å². The fraction of sp³-hybridized carbons (Fsp3) is 0.348. The van der Waals surface area contributed by atoms with Crippen LogP contribution in [-0.4, -0.2) is 28.0 Å². The van der Waals surface area contributed by atoms with Crippen molar-refractivity contribution >= 4 is 52.4 Å². The van der Waals surface area contributed by atoms with Crippen molar-refractivity contribution in [2.75, 3.05) is 28.6 Å². The Balaban J connectivity index is 1.65. The number of aromatic nitrogens is 3. The first-order valence-electron chi connectivity index (χ1n) is 10.4. The van der Waals surface area contributed by atoms with E-state index in [4.69, 9.17) is 23.2 Å². The zero-order valence-electron chi connectivity index (χ0n) is 17.9. The molecule has 1 fully saturated rings. The number of hydrogen-bond donors (Lipinski definition) is 2. The van der Waals surface area contributed by atoms with Gasteiger partial charge in [0.1, 0.15) is 0 Å². The number of halogens is 2. The van der Waals surface area contributed by atoms with Crippen LogP contribution in [0.4, 0.5) is 29.2 Å². The summed E-state index contributed by atoms with van der Waals surface area (Å²) < 4.78 is 0. The van der Waals surface area contributed by atoms with Crippen LogP contribution in [0.3, 0.4) is 0 Å². The number of nitrogens with zero attached hydrogens (tertiary/aromatic N) is 4. The molecule has 0 aliphatic carbocycles. The Bertz CT molecular complexity index is 1010. The van der Waals surface area contributed by atoms with Crippen molar-refractivity contribution in [2.24, 2.45) is 5.92 Å². The average molecular weight is 457 g/mol. The number of aryl methyl sites for hydroxylation is 2. The van der Waals surface area contributed by atoms with Gasteiger partial charge in [-0.05, 0) is 68.0 Å². The quantitative estimate of drug-likeness (QED) is 0.455. The Morgan fingerprint density at radius 1 is 0.806 bits per heavy atom. The van der Waals surface area contributed by atoms with E-state index < -0.39 is 0 Å². The summed E-state index contributed by atoms with van der Waals surface area (Å²) in [5.74, 6) is 2.30. The van der Waals surface area contributed by atoms with E-state index in [0.29, 0.717) is 27.9 Å². The molecule has 1 saturated heterocycles. The summed E-state index contributed by atoms with van der Waals surface area (Å²) >= 11 is 12.6. The lowest BCUT2D eigenvalue weighted by molar-refractivity contribution is 0.434. The van der Waals surface area contributed by atoms with Crippen molar-refractivity contribution in [3.05, 3.63) is 57.6 Å². The summed E-state index contributed by atoms with van der Waals surface area (Å²) in [6.45, 7) is 8.08. The maximum atomic E-state index is 6.29. The van der Waals surface area contributed by atoms with Gasteiger partial charge in [-0.3, -0.25) is 0 Å². The van der Waals surface area contributed by atoms with Crippen LogP contribution >= 0.6 is 23.2 Å². The summed E-state index contributed by atoms with van der Waals surface area (Å²) in [6.07, 6.45) is 2.25. The molecule has 8 heteroatoms. The number of rotatable bonds is 5. The summed E-state index contributed by atoms with van der Waals surface area (Å²) in [5, 5.41) is 7.92. The Kier molecular flexibility index (Phi) is 6.49. The third kappa shape index (κ3) is 5.38. The standard InChI is InChI=1S/C23H26Cl2N6/c1-14-8-10-31(11-9-14)23-29-21(26-17-6-4-15(2)19(24)12-17)28-22(30-23)27-18-7-5-16(3)20(25)13-18/h4-7,12-14H,8-11H2,1-3H3,(H2,26,27,28,29,30). The molecule has 2 heterocycles. The van der Waals surface area contributed by atoms with Gasteiger partial charge in [0.05, 0.1) is 0 Å². The third-order valence-electron chi connectivity index (χ3n) is 5.55. The summed E-state index contributed by atoms with van der Waals surface area (Å²) in [6, 6.07) is 11.6. The molecule has 6 nitrogen and oxygen atoms in total. The summed E-state index contributed by atoms with van der Waals surface area (Å²) in [5.41, 5.74) is 3.68. The minimum Gasteiger partial charge on any atom is -0.341 e. The van der Waals surface area contributed by atoms with Crippen molar-refractivity contribution in [3.63, 3.8) is 0 Å². The highest BCUT2D eigenvalue weighted by Gasteiger charge is 2.20. The first kappa shape index (κ1) is 21.7. The zero-order valence-corrected chi connectivity index (χ0v) is 19.4. The Morgan fingerprint density at radius 2 is 1.29 bits per heavy atom. The van der Waals surface area contributed by atoms with Gasteiger partial charge in [0.15, 0.2) is 0 Å². The second-order valence-corrected chi connectivity index (χ2v) is 8.94. The van der Waals surface area contributed by atoms with Crippen molar-refractivity contribution < 1.29 is 0 Å². The van der Waals surface area contributed by atoms with E-state index >= 15 is 0 Å². The Hall–Kier alpha value is -2.57. The second-order valence-electron chi connectivity index (χ2n) is 8.13. The molecule has 0 bridgehead atoms. The molecule has 0 radical (unpaired) electrons. The maximum absolute atomic E-state index is 6.29. The van der Waals surface area contributed by atoms with E-state index in [9.17, 15) is 0 Å². The van der Waals surface area contributed by atoms with E-state index in [1.54, 1.807) is 0 Å². The SMILES string of the molecule is Cc1ccc(Nc2nc(Nc3ccc(C)c(Cl)c3)nc(N3CCC(C)CC3)n2)cc1Cl. The minimum absolute atomic E-state index is 0.462. The summed E-state index contributed by atoms with van der Waals surface area (Å²) in [4.78, 5) is 16.2. The smallest absolute Gasteiger partial charge is 0.233 e. The highest BCUT2D eigenvalue weighted by molar-refractivity contribution is 6.32. The molecule has 1 aliphatic rings. The van der Waals surface area contributed by atoms with Crippen LogP contribution in [0.25, 0.3) is 0 Å². The largest absolute Gasteiger partial charge is 0.341 e. The van der Waals surface area contributed by atoms with Gasteiger partial charge in [-0.1, -0.05) is 42.3 Å². The average Bonchev–Trinajstić information content (AvgIpc) is 2.74. The number of hydrogen-bond acceptors (Lipinski definition) is 6. The predicted molar refractivity (Wildman–Crippen MR) is 129 cm³/mol. The number of anilines is 5. The van der Waals surface area contributed by atoms with Gasteiger partial charge in [0.2, 0.25) is 17.8 Å². The molecule has 1 aliphatic heterocycles. The van der Waals surface area contributed by atoms with Crippen LogP contribution in [0.15, 0.2) is 36.4 Å². The monoisotopic (exact) mass is 456 g/mol. The topological polar surface area (TPSA) is 66.0 Å². The molecular weight excluding hydrogens is 431 g/mol. The highest BCUT2D eigenvalue weighted by Crippen LogP contribution is 2.27. The van der Waals surface area contributed by atoms with Crippen molar-refractivity contribution in [3.8, 4) is 0 Å². The Morgan fingerprint density at radius 3 is 1.74 bits per heavy atom. The van der Waals surface area contributed by atoms with E-state index in [1.807, 2.05) is 50.2 Å². The first-order chi connectivity index (χ1) is 14.9. The minimum atomic E-state index is 0.462. The highest BCUT2D eigenvalue weighted by atomic mass is 35.5. The number of nitrogens with one attached hydrogen (secondary N) is 2. The van der Waals surface area contributed by atoms with Gasteiger partial charge in [0, 0.05) is 34.5 Å². The molecule has 2 aromatic carbocycles. The van der Waals surface area contributed by atoms with Crippen LogP contribution in [0.2, 0.25) is 10.0 Å². The lowest BCUT2D eigenvalue weighted by Crippen LogP contribution is -2.34. The van der Waals surface area contributed by atoms with Crippen LogP contribution in [0, 0.1) is 19.8 Å². The lowest BCUT2D eigenvalue weighted by Gasteiger charge is -2.30. The Labute approximate surface area is 193 Å². The van der Waals surface area contributed by atoms with E-state index in [-0.39, 0.29) is 0 Å². The number of piperidine rings is 1. The first-order valence-corrected chi connectivity index (χ1v) is 11.2. The summed E-state index contributed by atoms with van der Waals surface area (Å²) in [7, 11) is 0. The zero-order chi connectivity index (χ0) is 22.0. The molecule has 31 heavy (non-hydrogen) atoms. The number of benzene rings is 2. The second kappa shape index (κ2) is 9.28. The lowest BCUT2D eigenvalue weighted by atomic mass is 10.00. The van der Waals surface area contributed by atoms with Gasteiger partial charge in [-0.25, -0.2) is 0 Å². The molecule has 0 spiro atoms. The van der Waals surface area contributed by atoms with E-state index in [0.717, 1.165) is 54.4 Å². The molecule has 0 saturated carbocycles. The van der Waals surface area contributed by atoms with Gasteiger partial charge < -0.3 is 15.5 Å². The normalized spacial score (nSPS) is 14.5. The third-order valence-corrected chi connectivity index (χ3v) is 6.36. The molecule has 2 N–H and O–H groups in total. The molecule has 0 unspecified atom stereocenters. The van der Waals surface area contributed by atoms with Crippen molar-refractivity contribution in [2.45, 2.75) is 33.6 Å². The molecule has 4 rings (SSSR count). The van der Waals surface area contributed by atoms with Crippen molar-refractivity contribution in [1.82, 2.24) is 15.0 Å². The van der Waals surface area contributed by atoms with E-state index in [2.05, 4.69) is 37.4 Å². The molecule has 0 atom stereocenters. The van der Waals surface area contributed by atoms with Gasteiger partial charge in [-0.15, -0.1) is 0 Å². The fourth-order valence-electron chi connectivity index (χ4n) is 3.43. The predicted octanol–water partition coefficient (Wildman–Crippen LogP) is 6.52. The van der Waals surface area contributed by atoms with Crippen molar-refractivity contribution in [1.29, 1.82) is 0 Å². The van der Waals surface area contributed by atoms with Crippen LogP contribution in [-0.2, 0) is 0 Å². The molecule has 3 aromatic rings. The molecule has 1 aromatic heterocycles.